The van der Waals surface area contributed by atoms with Gasteiger partial charge in [-0.3, -0.25) is 0 Å². The van der Waals surface area contributed by atoms with Crippen molar-refractivity contribution in [3.8, 4) is 5.75 Å². The molecule has 2 rings (SSSR count). The highest BCUT2D eigenvalue weighted by atomic mass is 79.9. The summed E-state index contributed by atoms with van der Waals surface area (Å²) in [7, 11) is 0. The van der Waals surface area contributed by atoms with E-state index in [-0.39, 0.29) is 0 Å². The predicted octanol–water partition coefficient (Wildman–Crippen LogP) is 5.38. The number of ether oxygens (including phenoxy) is 1. The minimum atomic E-state index is 0.362. The van der Waals surface area contributed by atoms with Crippen LogP contribution in [0.4, 0.5) is 0 Å². The van der Waals surface area contributed by atoms with Crippen LogP contribution in [0.1, 0.15) is 5.56 Å². The van der Waals surface area contributed by atoms with Crippen molar-refractivity contribution >= 4 is 50.7 Å². The van der Waals surface area contributed by atoms with E-state index >= 15 is 0 Å². The quantitative estimate of drug-likeness (QED) is 0.679. The van der Waals surface area contributed by atoms with E-state index < -0.39 is 0 Å². The standard InChI is InChI=1S/C12H7BrCl3NO/c13-11-7(3-4-17-12(11)16)6-18-8-1-2-9(14)10(15)5-8/h1-5H,6H2. The van der Waals surface area contributed by atoms with Crippen molar-refractivity contribution in [2.45, 2.75) is 6.61 Å². The van der Waals surface area contributed by atoms with Gasteiger partial charge >= 0.3 is 0 Å². The highest BCUT2D eigenvalue weighted by molar-refractivity contribution is 9.10. The Morgan fingerprint density at radius 2 is 1.89 bits per heavy atom. The Hall–Kier alpha value is -0.480. The van der Waals surface area contributed by atoms with E-state index in [1.807, 2.05) is 6.07 Å². The minimum Gasteiger partial charge on any atom is -0.489 e. The van der Waals surface area contributed by atoms with E-state index in [9.17, 15) is 0 Å². The first kappa shape index (κ1) is 13.9. The molecule has 6 heteroatoms. The fourth-order valence-corrected chi connectivity index (χ4v) is 2.11. The van der Waals surface area contributed by atoms with Gasteiger partial charge in [0, 0.05) is 17.8 Å². The molecule has 1 aromatic carbocycles. The second kappa shape index (κ2) is 6.11. The zero-order valence-electron chi connectivity index (χ0n) is 8.96. The molecule has 0 N–H and O–H groups in total. The number of nitrogens with zero attached hydrogens (tertiary/aromatic N) is 1. The summed E-state index contributed by atoms with van der Waals surface area (Å²) in [4.78, 5) is 3.94. The van der Waals surface area contributed by atoms with Crippen molar-refractivity contribution in [2.24, 2.45) is 0 Å². The van der Waals surface area contributed by atoms with E-state index in [0.29, 0.717) is 27.6 Å². The highest BCUT2D eigenvalue weighted by Crippen LogP contribution is 2.28. The van der Waals surface area contributed by atoms with Crippen molar-refractivity contribution in [1.29, 1.82) is 0 Å². The first-order chi connectivity index (χ1) is 8.58. The van der Waals surface area contributed by atoms with Crippen LogP contribution in [0, 0.1) is 0 Å². The Balaban J connectivity index is 2.11. The maximum absolute atomic E-state index is 5.90. The van der Waals surface area contributed by atoms with Crippen molar-refractivity contribution in [1.82, 2.24) is 4.98 Å². The molecule has 0 aliphatic carbocycles. The second-order valence-corrected chi connectivity index (χ2v) is 5.40. The molecule has 0 aliphatic heterocycles. The molecule has 1 aromatic heterocycles. The zero-order valence-corrected chi connectivity index (χ0v) is 12.8. The van der Waals surface area contributed by atoms with Crippen LogP contribution in [0.5, 0.6) is 5.75 Å². The molecule has 0 atom stereocenters. The Morgan fingerprint density at radius 3 is 2.61 bits per heavy atom. The third-order valence-corrected chi connectivity index (χ3v) is 4.35. The first-order valence-corrected chi connectivity index (χ1v) is 6.87. The van der Waals surface area contributed by atoms with Crippen molar-refractivity contribution in [2.75, 3.05) is 0 Å². The molecule has 0 amide bonds. The van der Waals surface area contributed by atoms with Crippen LogP contribution in [-0.2, 0) is 6.61 Å². The molecule has 0 fully saturated rings. The van der Waals surface area contributed by atoms with Crippen LogP contribution in [0.3, 0.4) is 0 Å². The van der Waals surface area contributed by atoms with Gasteiger partial charge in [-0.25, -0.2) is 4.98 Å². The summed E-state index contributed by atoms with van der Waals surface area (Å²) in [6.07, 6.45) is 1.63. The van der Waals surface area contributed by atoms with Gasteiger partial charge in [-0.05, 0) is 34.1 Å². The Kier molecular flexibility index (Phi) is 4.73. The molecule has 0 saturated heterocycles. The number of hydrogen-bond acceptors (Lipinski definition) is 2. The molecule has 2 aromatic rings. The maximum Gasteiger partial charge on any atom is 0.143 e. The molecule has 0 aliphatic rings. The Morgan fingerprint density at radius 1 is 1.11 bits per heavy atom. The summed E-state index contributed by atoms with van der Waals surface area (Å²) in [6.45, 7) is 0.362. The molecule has 0 unspecified atom stereocenters. The van der Waals surface area contributed by atoms with Gasteiger partial charge in [-0.1, -0.05) is 34.8 Å². The second-order valence-electron chi connectivity index (χ2n) is 3.44. The largest absolute Gasteiger partial charge is 0.489 e. The van der Waals surface area contributed by atoms with Gasteiger partial charge in [0.05, 0.1) is 14.5 Å². The van der Waals surface area contributed by atoms with Crippen LogP contribution in [0.15, 0.2) is 34.9 Å². The molecule has 94 valence electrons. The lowest BCUT2D eigenvalue weighted by molar-refractivity contribution is 0.305. The molecule has 0 bridgehead atoms. The molecular formula is C12H7BrCl3NO. The van der Waals surface area contributed by atoms with Crippen LogP contribution < -0.4 is 4.74 Å². The van der Waals surface area contributed by atoms with Gasteiger partial charge in [0.2, 0.25) is 0 Å². The summed E-state index contributed by atoms with van der Waals surface area (Å²) >= 11 is 21.0. The summed E-state index contributed by atoms with van der Waals surface area (Å²) in [5.74, 6) is 0.643. The summed E-state index contributed by atoms with van der Waals surface area (Å²) < 4.78 is 6.33. The van der Waals surface area contributed by atoms with Crippen LogP contribution in [0.25, 0.3) is 0 Å². The average molecular weight is 367 g/mol. The summed E-state index contributed by atoms with van der Waals surface area (Å²) in [6, 6.07) is 6.94. The van der Waals surface area contributed by atoms with E-state index in [2.05, 4.69) is 20.9 Å². The number of benzene rings is 1. The van der Waals surface area contributed by atoms with E-state index in [4.69, 9.17) is 39.5 Å². The normalized spacial score (nSPS) is 10.4. The fraction of sp³-hybridized carbons (Fsp3) is 0.0833. The molecular weight excluding hydrogens is 360 g/mol. The van der Waals surface area contributed by atoms with Gasteiger partial charge < -0.3 is 4.74 Å². The van der Waals surface area contributed by atoms with Crippen LogP contribution in [-0.4, -0.2) is 4.98 Å². The molecule has 1 heterocycles. The Labute approximate surface area is 128 Å². The maximum atomic E-state index is 5.90. The number of hydrogen-bond donors (Lipinski definition) is 0. The van der Waals surface area contributed by atoms with Gasteiger partial charge in [-0.15, -0.1) is 0 Å². The number of pyridine rings is 1. The lowest BCUT2D eigenvalue weighted by Crippen LogP contribution is -1.97. The topological polar surface area (TPSA) is 22.1 Å². The fourth-order valence-electron chi connectivity index (χ4n) is 1.29. The third kappa shape index (κ3) is 3.29. The van der Waals surface area contributed by atoms with Crippen molar-refractivity contribution in [3.05, 3.63) is 55.7 Å². The van der Waals surface area contributed by atoms with E-state index in [1.54, 1.807) is 24.4 Å². The monoisotopic (exact) mass is 365 g/mol. The van der Waals surface area contributed by atoms with Gasteiger partial charge in [0.15, 0.2) is 0 Å². The number of halogens is 4. The lowest BCUT2D eigenvalue weighted by Gasteiger charge is -2.09. The van der Waals surface area contributed by atoms with Gasteiger partial charge in [-0.2, -0.15) is 0 Å². The summed E-state index contributed by atoms with van der Waals surface area (Å²) in [5, 5.41) is 1.36. The van der Waals surface area contributed by atoms with Gasteiger partial charge in [0.25, 0.3) is 0 Å². The van der Waals surface area contributed by atoms with E-state index in [0.717, 1.165) is 10.0 Å². The smallest absolute Gasteiger partial charge is 0.143 e. The average Bonchev–Trinajstić information content (AvgIpc) is 2.35. The van der Waals surface area contributed by atoms with Gasteiger partial charge in [0.1, 0.15) is 17.5 Å². The molecule has 2 nitrogen and oxygen atoms in total. The SMILES string of the molecule is Clc1ccc(OCc2ccnc(Cl)c2Br)cc1Cl. The van der Waals surface area contributed by atoms with Crippen LogP contribution in [0.2, 0.25) is 15.2 Å². The Bertz CT molecular complexity index is 577. The molecule has 18 heavy (non-hydrogen) atoms. The van der Waals surface area contributed by atoms with Crippen LogP contribution >= 0.6 is 50.7 Å². The molecule has 0 spiro atoms. The summed E-state index contributed by atoms with van der Waals surface area (Å²) in [5.41, 5.74) is 0.904. The molecule has 0 saturated carbocycles. The number of aromatic nitrogens is 1. The minimum absolute atomic E-state index is 0.362. The molecule has 0 radical (unpaired) electrons. The highest BCUT2D eigenvalue weighted by Gasteiger charge is 2.06. The predicted molar refractivity (Wildman–Crippen MR) is 77.7 cm³/mol. The lowest BCUT2D eigenvalue weighted by atomic mass is 10.3. The van der Waals surface area contributed by atoms with Crippen molar-refractivity contribution in [3.63, 3.8) is 0 Å². The third-order valence-electron chi connectivity index (χ3n) is 2.21. The van der Waals surface area contributed by atoms with Crippen molar-refractivity contribution < 1.29 is 4.74 Å². The van der Waals surface area contributed by atoms with E-state index in [1.165, 1.54) is 0 Å². The first-order valence-electron chi connectivity index (χ1n) is 4.94. The number of rotatable bonds is 3. The zero-order chi connectivity index (χ0) is 13.1.